The number of aromatic nitrogens is 1. The Morgan fingerprint density at radius 2 is 1.77 bits per heavy atom. The summed E-state index contributed by atoms with van der Waals surface area (Å²) < 4.78 is 4.82. The van der Waals surface area contributed by atoms with Gasteiger partial charge in [0.05, 0.1) is 29.6 Å². The molecule has 1 heterocycles. The van der Waals surface area contributed by atoms with E-state index in [1.165, 1.54) is 7.11 Å². The van der Waals surface area contributed by atoms with E-state index in [4.69, 9.17) is 15.5 Å². The van der Waals surface area contributed by atoms with Crippen molar-refractivity contribution >= 4 is 28.3 Å². The molecular formula is C28H30N4O3. The van der Waals surface area contributed by atoms with Gasteiger partial charge in [-0.25, -0.2) is 9.79 Å². The number of nitrogens with zero attached hydrogens (tertiary/aromatic N) is 2. The molecule has 1 aromatic heterocycles. The lowest BCUT2D eigenvalue weighted by atomic mass is 10.00. The van der Waals surface area contributed by atoms with Crippen LogP contribution in [0.3, 0.4) is 0 Å². The second-order valence-electron chi connectivity index (χ2n) is 8.72. The Kier molecular flexibility index (Phi) is 7.29. The minimum atomic E-state index is -0.441. The van der Waals surface area contributed by atoms with Crippen LogP contribution >= 0.6 is 0 Å². The number of esters is 1. The van der Waals surface area contributed by atoms with Crippen LogP contribution in [0.25, 0.3) is 10.9 Å². The van der Waals surface area contributed by atoms with Gasteiger partial charge < -0.3 is 25.5 Å². The quantitative estimate of drug-likeness (QED) is 0.254. The predicted octanol–water partition coefficient (Wildman–Crippen LogP) is 4.78. The first-order chi connectivity index (χ1) is 16.9. The van der Waals surface area contributed by atoms with Crippen LogP contribution in [0.1, 0.15) is 39.5 Å². The van der Waals surface area contributed by atoms with Gasteiger partial charge in [-0.3, -0.25) is 0 Å². The normalized spacial score (nSPS) is 12.8. The van der Waals surface area contributed by atoms with Crippen molar-refractivity contribution in [2.75, 3.05) is 27.7 Å². The molecule has 7 nitrogen and oxygen atoms in total. The number of aliphatic imine (C=N–C) groups is 1. The van der Waals surface area contributed by atoms with E-state index in [0.717, 1.165) is 35.2 Å². The van der Waals surface area contributed by atoms with Crippen molar-refractivity contribution in [1.82, 2.24) is 9.88 Å². The summed E-state index contributed by atoms with van der Waals surface area (Å²) in [5, 5.41) is 11.6. The molecule has 4 N–H and O–H groups in total. The molecule has 0 bridgehead atoms. The van der Waals surface area contributed by atoms with Gasteiger partial charge in [-0.15, -0.1) is 0 Å². The maximum atomic E-state index is 12.0. The van der Waals surface area contributed by atoms with Crippen LogP contribution in [-0.2, 0) is 4.74 Å². The molecule has 0 aliphatic carbocycles. The van der Waals surface area contributed by atoms with Gasteiger partial charge in [-0.05, 0) is 56.9 Å². The van der Waals surface area contributed by atoms with Crippen LogP contribution in [0.15, 0.2) is 77.8 Å². The summed E-state index contributed by atoms with van der Waals surface area (Å²) in [5.41, 5.74) is 11.2. The summed E-state index contributed by atoms with van der Waals surface area (Å²) in [6, 6.07) is 22.7. The van der Waals surface area contributed by atoms with Gasteiger partial charge in [0, 0.05) is 22.5 Å². The van der Waals surface area contributed by atoms with E-state index < -0.39 is 5.97 Å². The molecule has 7 heteroatoms. The summed E-state index contributed by atoms with van der Waals surface area (Å²) >= 11 is 0. The summed E-state index contributed by atoms with van der Waals surface area (Å²) in [4.78, 5) is 22.0. The Hall–Kier alpha value is -3.94. The number of hydrogen-bond acceptors (Lipinski definition) is 6. The summed E-state index contributed by atoms with van der Waals surface area (Å²) in [6.45, 7) is 0.913. The minimum Gasteiger partial charge on any atom is -0.494 e. The van der Waals surface area contributed by atoms with Crippen LogP contribution in [0.2, 0.25) is 0 Å². The summed E-state index contributed by atoms with van der Waals surface area (Å²) in [7, 11) is 5.41. The van der Waals surface area contributed by atoms with E-state index in [1.54, 1.807) is 18.2 Å². The van der Waals surface area contributed by atoms with E-state index in [9.17, 15) is 9.90 Å². The van der Waals surface area contributed by atoms with Gasteiger partial charge in [-0.2, -0.15) is 0 Å². The molecule has 0 spiro atoms. The minimum absolute atomic E-state index is 0.0213. The first-order valence-electron chi connectivity index (χ1n) is 11.4. The zero-order chi connectivity index (χ0) is 24.9. The van der Waals surface area contributed by atoms with Gasteiger partial charge in [-0.1, -0.05) is 48.5 Å². The van der Waals surface area contributed by atoms with Crippen LogP contribution in [0, 0.1) is 0 Å². The second kappa shape index (κ2) is 10.5. The third-order valence-electron chi connectivity index (χ3n) is 5.93. The maximum absolute atomic E-state index is 12.0. The molecule has 4 rings (SSSR count). The molecule has 0 radical (unpaired) electrons. The van der Waals surface area contributed by atoms with Crippen molar-refractivity contribution < 1.29 is 14.6 Å². The van der Waals surface area contributed by atoms with E-state index in [2.05, 4.69) is 9.88 Å². The van der Waals surface area contributed by atoms with Gasteiger partial charge in [0.25, 0.3) is 0 Å². The molecule has 1 unspecified atom stereocenters. The fourth-order valence-electron chi connectivity index (χ4n) is 4.02. The SMILES string of the molecule is COC(=O)c1ccc2c(C(=Nc3ccc(C(N)CCN(C)C)cc3)c3ccccc3)c(O)[nH]c2c1. The molecule has 0 aliphatic rings. The largest absolute Gasteiger partial charge is 0.494 e. The van der Waals surface area contributed by atoms with Crippen molar-refractivity contribution in [1.29, 1.82) is 0 Å². The molecule has 1 atom stereocenters. The fraction of sp³-hybridized carbons (Fsp3) is 0.214. The Bertz CT molecular complexity index is 1340. The molecule has 0 fully saturated rings. The standard InChI is InChI=1S/C28H30N4O3/c1-32(2)16-15-23(29)18-9-12-21(13-10-18)30-26(19-7-5-4-6-8-19)25-22-14-11-20(28(34)35-3)17-24(22)31-27(25)33/h4-14,17,23,31,33H,15-16,29H2,1-3H3. The Morgan fingerprint density at radius 1 is 1.06 bits per heavy atom. The molecule has 0 saturated heterocycles. The molecule has 4 aromatic rings. The summed E-state index contributed by atoms with van der Waals surface area (Å²) in [5.74, 6) is -0.463. The Balaban J connectivity index is 1.76. The number of aromatic hydroxyl groups is 1. The Morgan fingerprint density at radius 3 is 2.43 bits per heavy atom. The highest BCUT2D eigenvalue weighted by Gasteiger charge is 2.20. The molecule has 35 heavy (non-hydrogen) atoms. The molecule has 0 saturated carbocycles. The lowest BCUT2D eigenvalue weighted by Crippen LogP contribution is -2.20. The van der Waals surface area contributed by atoms with Crippen LogP contribution in [0.5, 0.6) is 5.88 Å². The first kappa shape index (κ1) is 24.2. The molecule has 0 aliphatic heterocycles. The molecule has 180 valence electrons. The van der Waals surface area contributed by atoms with Crippen molar-refractivity contribution in [3.05, 3.63) is 95.1 Å². The van der Waals surface area contributed by atoms with Gasteiger partial charge in [0.15, 0.2) is 5.88 Å². The number of benzene rings is 3. The number of nitrogens with one attached hydrogen (secondary N) is 1. The van der Waals surface area contributed by atoms with E-state index in [0.29, 0.717) is 22.4 Å². The van der Waals surface area contributed by atoms with E-state index in [1.807, 2.05) is 68.7 Å². The number of aromatic amines is 1. The van der Waals surface area contributed by atoms with Crippen molar-refractivity contribution in [3.63, 3.8) is 0 Å². The summed E-state index contributed by atoms with van der Waals surface area (Å²) in [6.07, 6.45) is 0.863. The highest BCUT2D eigenvalue weighted by molar-refractivity contribution is 6.22. The topological polar surface area (TPSA) is 104 Å². The lowest BCUT2D eigenvalue weighted by Gasteiger charge is -2.15. The number of rotatable bonds is 8. The number of fused-ring (bicyclic) bond motifs is 1. The monoisotopic (exact) mass is 470 g/mol. The fourth-order valence-corrected chi connectivity index (χ4v) is 4.02. The van der Waals surface area contributed by atoms with Gasteiger partial charge >= 0.3 is 5.97 Å². The van der Waals surface area contributed by atoms with E-state index in [-0.39, 0.29) is 11.9 Å². The molecule has 3 aromatic carbocycles. The lowest BCUT2D eigenvalue weighted by molar-refractivity contribution is 0.0601. The average Bonchev–Trinajstić information content (AvgIpc) is 3.20. The third-order valence-corrected chi connectivity index (χ3v) is 5.93. The number of ether oxygens (including phenoxy) is 1. The number of hydrogen-bond donors (Lipinski definition) is 3. The van der Waals surface area contributed by atoms with Gasteiger partial charge in [0.2, 0.25) is 0 Å². The van der Waals surface area contributed by atoms with E-state index >= 15 is 0 Å². The smallest absolute Gasteiger partial charge is 0.337 e. The highest BCUT2D eigenvalue weighted by Crippen LogP contribution is 2.32. The maximum Gasteiger partial charge on any atom is 0.337 e. The van der Waals surface area contributed by atoms with Gasteiger partial charge in [0.1, 0.15) is 0 Å². The predicted molar refractivity (Wildman–Crippen MR) is 140 cm³/mol. The second-order valence-corrected chi connectivity index (χ2v) is 8.72. The molecular weight excluding hydrogens is 440 g/mol. The zero-order valence-corrected chi connectivity index (χ0v) is 20.2. The molecule has 0 amide bonds. The first-order valence-corrected chi connectivity index (χ1v) is 11.4. The zero-order valence-electron chi connectivity index (χ0n) is 20.2. The van der Waals surface area contributed by atoms with Crippen molar-refractivity contribution in [2.24, 2.45) is 10.7 Å². The van der Waals surface area contributed by atoms with Crippen LogP contribution in [0.4, 0.5) is 5.69 Å². The average molecular weight is 471 g/mol. The van der Waals surface area contributed by atoms with Crippen LogP contribution in [-0.4, -0.2) is 54.4 Å². The number of carbonyl (C=O) groups is 1. The number of nitrogens with two attached hydrogens (primary N) is 1. The third kappa shape index (κ3) is 5.42. The Labute approximate surface area is 204 Å². The number of H-pyrrole nitrogens is 1. The highest BCUT2D eigenvalue weighted by atomic mass is 16.5. The van der Waals surface area contributed by atoms with Crippen molar-refractivity contribution in [3.8, 4) is 5.88 Å². The van der Waals surface area contributed by atoms with Crippen LogP contribution < -0.4 is 5.73 Å². The number of methoxy groups -OCH3 is 1. The van der Waals surface area contributed by atoms with Crippen molar-refractivity contribution in [2.45, 2.75) is 12.5 Å². The number of carbonyl (C=O) groups excluding carboxylic acids is 1.